The molecule has 0 saturated heterocycles. The maximum Gasteiger partial charge on any atom is 0.178 e. The van der Waals surface area contributed by atoms with Crippen molar-refractivity contribution in [3.63, 3.8) is 0 Å². The number of hydrogen-bond donors (Lipinski definition) is 0. The molecule has 1 saturated carbocycles. The Kier molecular flexibility index (Phi) is 1.16. The van der Waals surface area contributed by atoms with Crippen molar-refractivity contribution >= 4 is 17.4 Å². The van der Waals surface area contributed by atoms with Crippen molar-refractivity contribution in [1.82, 2.24) is 0 Å². The molecule has 0 N–H and O–H groups in total. The monoisotopic (exact) mass is 180 g/mol. The highest BCUT2D eigenvalue weighted by Gasteiger charge is 2.50. The van der Waals surface area contributed by atoms with E-state index in [1.54, 1.807) is 0 Å². The van der Waals surface area contributed by atoms with Crippen LogP contribution >= 0.6 is 11.6 Å². The predicted molar refractivity (Wildman–Crippen MR) is 46.7 cm³/mol. The molecule has 4 atom stereocenters. The van der Waals surface area contributed by atoms with Gasteiger partial charge in [-0.1, -0.05) is 29.8 Å². The highest BCUT2D eigenvalue weighted by molar-refractivity contribution is 6.43. The van der Waals surface area contributed by atoms with E-state index in [1.165, 1.54) is 6.42 Å². The Morgan fingerprint density at radius 3 is 2.83 bits per heavy atom. The molecule has 0 aromatic heterocycles. The van der Waals surface area contributed by atoms with Crippen LogP contribution in [0.5, 0.6) is 0 Å². The first-order chi connectivity index (χ1) is 5.77. The van der Waals surface area contributed by atoms with Gasteiger partial charge in [0.1, 0.15) is 0 Å². The second-order valence-corrected chi connectivity index (χ2v) is 4.34. The highest BCUT2D eigenvalue weighted by atomic mass is 35.5. The van der Waals surface area contributed by atoms with Gasteiger partial charge in [-0.3, -0.25) is 4.79 Å². The van der Waals surface area contributed by atoms with Gasteiger partial charge < -0.3 is 0 Å². The van der Waals surface area contributed by atoms with E-state index in [4.69, 9.17) is 11.6 Å². The van der Waals surface area contributed by atoms with E-state index in [9.17, 15) is 4.79 Å². The molecular formula is C10H9ClO. The van der Waals surface area contributed by atoms with Crippen LogP contribution < -0.4 is 0 Å². The first-order valence-corrected chi connectivity index (χ1v) is 4.75. The van der Waals surface area contributed by atoms with Crippen molar-refractivity contribution in [3.05, 3.63) is 23.3 Å². The molecule has 0 unspecified atom stereocenters. The van der Waals surface area contributed by atoms with Crippen LogP contribution in [-0.2, 0) is 4.79 Å². The fourth-order valence-electron chi connectivity index (χ4n) is 2.87. The lowest BCUT2D eigenvalue weighted by atomic mass is 9.85. The second kappa shape index (κ2) is 2.02. The lowest BCUT2D eigenvalue weighted by Gasteiger charge is -2.17. The van der Waals surface area contributed by atoms with Crippen molar-refractivity contribution in [1.29, 1.82) is 0 Å². The van der Waals surface area contributed by atoms with Gasteiger partial charge in [0.05, 0.1) is 5.03 Å². The number of ketones is 1. The minimum Gasteiger partial charge on any atom is -0.293 e. The van der Waals surface area contributed by atoms with Crippen LogP contribution in [0.3, 0.4) is 0 Å². The molecule has 0 aliphatic heterocycles. The summed E-state index contributed by atoms with van der Waals surface area (Å²) in [4.78, 5) is 11.5. The Hall–Kier alpha value is -0.560. The van der Waals surface area contributed by atoms with E-state index < -0.39 is 0 Å². The molecule has 62 valence electrons. The van der Waals surface area contributed by atoms with Gasteiger partial charge in [-0.15, -0.1) is 0 Å². The lowest BCUT2D eigenvalue weighted by Crippen LogP contribution is -2.20. The van der Waals surface area contributed by atoms with Gasteiger partial charge >= 0.3 is 0 Å². The third kappa shape index (κ3) is 0.639. The largest absolute Gasteiger partial charge is 0.293 e. The van der Waals surface area contributed by atoms with Crippen molar-refractivity contribution in [2.75, 3.05) is 0 Å². The van der Waals surface area contributed by atoms with Gasteiger partial charge in [-0.05, 0) is 24.2 Å². The number of carbonyl (C=O) groups excluding carboxylic acids is 1. The zero-order chi connectivity index (χ0) is 8.29. The van der Waals surface area contributed by atoms with Crippen molar-refractivity contribution in [3.8, 4) is 0 Å². The van der Waals surface area contributed by atoms with Crippen molar-refractivity contribution in [2.45, 2.75) is 6.42 Å². The number of rotatable bonds is 0. The molecule has 2 heteroatoms. The van der Waals surface area contributed by atoms with Gasteiger partial charge in [0.15, 0.2) is 5.78 Å². The summed E-state index contributed by atoms with van der Waals surface area (Å²) in [5.74, 6) is 1.89. The molecule has 0 aromatic rings. The number of allylic oxidation sites excluding steroid dienone is 4. The van der Waals surface area contributed by atoms with E-state index >= 15 is 0 Å². The molecule has 3 aliphatic carbocycles. The van der Waals surface area contributed by atoms with E-state index in [2.05, 4.69) is 12.2 Å². The van der Waals surface area contributed by atoms with E-state index in [1.807, 2.05) is 6.08 Å². The lowest BCUT2D eigenvalue weighted by molar-refractivity contribution is -0.119. The average molecular weight is 181 g/mol. The summed E-state index contributed by atoms with van der Waals surface area (Å²) in [5, 5.41) is 0.475. The molecule has 1 nitrogen and oxygen atoms in total. The van der Waals surface area contributed by atoms with Crippen LogP contribution in [0.15, 0.2) is 23.3 Å². The fraction of sp³-hybridized carbons (Fsp3) is 0.500. The summed E-state index contributed by atoms with van der Waals surface area (Å²) >= 11 is 5.81. The van der Waals surface area contributed by atoms with Crippen molar-refractivity contribution in [2.24, 2.45) is 23.7 Å². The summed E-state index contributed by atoms with van der Waals surface area (Å²) in [6, 6.07) is 0. The molecule has 0 aromatic carbocycles. The summed E-state index contributed by atoms with van der Waals surface area (Å²) in [7, 11) is 0. The predicted octanol–water partition coefficient (Wildman–Crippen LogP) is 2.13. The van der Waals surface area contributed by atoms with Crippen LogP contribution in [0.4, 0.5) is 0 Å². The van der Waals surface area contributed by atoms with Gasteiger partial charge in [-0.25, -0.2) is 0 Å². The standard InChI is InChI=1S/C10H9ClO/c11-8-4-7-5-1-2-6(3-5)9(7)10(8)12/h1-2,4-7,9H,3H2/t5-,6+,7+,9-/m0/s1. The number of hydrogen-bond acceptors (Lipinski definition) is 1. The Balaban J connectivity index is 2.07. The van der Waals surface area contributed by atoms with Gasteiger partial charge in [0.25, 0.3) is 0 Å². The number of fused-ring (bicyclic) bond motifs is 5. The SMILES string of the molecule is O=C1C(Cl)=C[C@H]2[C@@H]1[C@@H]1C=C[C@H]2C1. The normalized spacial score (nSPS) is 48.4. The first kappa shape index (κ1) is 6.90. The first-order valence-electron chi connectivity index (χ1n) is 4.37. The molecule has 3 rings (SSSR count). The highest BCUT2D eigenvalue weighted by Crippen LogP contribution is 2.53. The fourth-order valence-corrected chi connectivity index (χ4v) is 3.14. The summed E-state index contributed by atoms with van der Waals surface area (Å²) in [5.41, 5.74) is 0. The quantitative estimate of drug-likeness (QED) is 0.522. The summed E-state index contributed by atoms with van der Waals surface area (Å²) in [6.07, 6.45) is 7.56. The number of carbonyl (C=O) groups is 1. The molecule has 2 bridgehead atoms. The molecule has 0 spiro atoms. The smallest absolute Gasteiger partial charge is 0.178 e. The van der Waals surface area contributed by atoms with Gasteiger partial charge in [-0.2, -0.15) is 0 Å². The summed E-state index contributed by atoms with van der Waals surface area (Å²) in [6.45, 7) is 0. The van der Waals surface area contributed by atoms with Crippen molar-refractivity contribution < 1.29 is 4.79 Å². The third-order valence-electron chi connectivity index (χ3n) is 3.40. The third-order valence-corrected chi connectivity index (χ3v) is 3.71. The van der Waals surface area contributed by atoms with E-state index in [0.29, 0.717) is 22.8 Å². The average Bonchev–Trinajstić information content (AvgIpc) is 2.66. The molecule has 12 heavy (non-hydrogen) atoms. The summed E-state index contributed by atoms with van der Waals surface area (Å²) < 4.78 is 0. The van der Waals surface area contributed by atoms with Crippen LogP contribution in [0.25, 0.3) is 0 Å². The van der Waals surface area contributed by atoms with Gasteiger partial charge in [0, 0.05) is 5.92 Å². The molecule has 0 heterocycles. The minimum atomic E-state index is 0.179. The van der Waals surface area contributed by atoms with Crippen LogP contribution in [-0.4, -0.2) is 5.78 Å². The maximum absolute atomic E-state index is 11.5. The molecule has 3 aliphatic rings. The van der Waals surface area contributed by atoms with E-state index in [0.717, 1.165) is 0 Å². The topological polar surface area (TPSA) is 17.1 Å². The Labute approximate surface area is 76.1 Å². The zero-order valence-electron chi connectivity index (χ0n) is 6.53. The Bertz CT molecular complexity index is 316. The van der Waals surface area contributed by atoms with Crippen LogP contribution in [0.1, 0.15) is 6.42 Å². The minimum absolute atomic E-state index is 0.179. The van der Waals surface area contributed by atoms with Crippen LogP contribution in [0, 0.1) is 23.7 Å². The van der Waals surface area contributed by atoms with Crippen LogP contribution in [0.2, 0.25) is 0 Å². The molecule has 0 amide bonds. The zero-order valence-corrected chi connectivity index (χ0v) is 7.29. The Morgan fingerprint density at radius 2 is 2.08 bits per heavy atom. The maximum atomic E-state index is 11.5. The Morgan fingerprint density at radius 1 is 1.33 bits per heavy atom. The molecule has 0 radical (unpaired) electrons. The molecule has 1 fully saturated rings. The second-order valence-electron chi connectivity index (χ2n) is 3.93. The number of Topliss-reactive ketones (excluding diaryl/α,β-unsaturated/α-hetero) is 1. The van der Waals surface area contributed by atoms with Gasteiger partial charge in [0.2, 0.25) is 0 Å². The molecular weight excluding hydrogens is 172 g/mol. The number of halogens is 1. The van der Waals surface area contributed by atoms with E-state index in [-0.39, 0.29) is 11.7 Å².